The summed E-state index contributed by atoms with van der Waals surface area (Å²) in [6, 6.07) is 10.7. The van der Waals surface area contributed by atoms with Crippen molar-refractivity contribution < 1.29 is 28.5 Å². The van der Waals surface area contributed by atoms with Gasteiger partial charge in [-0.3, -0.25) is 4.79 Å². The van der Waals surface area contributed by atoms with Gasteiger partial charge in [-0.25, -0.2) is 9.59 Å². The van der Waals surface area contributed by atoms with Gasteiger partial charge in [0, 0.05) is 15.5 Å². The third kappa shape index (κ3) is 5.76. The fourth-order valence-corrected chi connectivity index (χ4v) is 7.14. The van der Waals surface area contributed by atoms with Crippen molar-refractivity contribution in [1.82, 2.24) is 0 Å². The summed E-state index contributed by atoms with van der Waals surface area (Å²) in [6.07, 6.45) is 9.14. The predicted molar refractivity (Wildman–Crippen MR) is 152 cm³/mol. The number of benzene rings is 2. The summed E-state index contributed by atoms with van der Waals surface area (Å²) in [5.41, 5.74) is -0.973. The highest BCUT2D eigenvalue weighted by atomic mass is 32.1. The van der Waals surface area contributed by atoms with Crippen LogP contribution in [0.4, 0.5) is 0 Å². The maximum Gasteiger partial charge on any atom is 0.344 e. The van der Waals surface area contributed by atoms with Crippen LogP contribution in [0.5, 0.6) is 11.5 Å². The molecule has 7 nitrogen and oxygen atoms in total. The van der Waals surface area contributed by atoms with Crippen LogP contribution in [0, 0.1) is 0 Å². The zero-order valence-corrected chi connectivity index (χ0v) is 23.5. The molecule has 1 aromatic heterocycles. The van der Waals surface area contributed by atoms with Crippen molar-refractivity contribution in [3.8, 4) is 11.5 Å². The first kappa shape index (κ1) is 27.4. The minimum absolute atomic E-state index is 0.125. The lowest BCUT2D eigenvalue weighted by molar-refractivity contribution is -0.163. The maximum absolute atomic E-state index is 13.3. The molecule has 0 aliphatic heterocycles. The first-order valence-electron chi connectivity index (χ1n) is 14.1. The van der Waals surface area contributed by atoms with Crippen LogP contribution in [-0.4, -0.2) is 36.4 Å². The van der Waals surface area contributed by atoms with Crippen LogP contribution >= 0.6 is 11.3 Å². The van der Waals surface area contributed by atoms with Gasteiger partial charge in [-0.2, -0.15) is 0 Å². The average Bonchev–Trinajstić information content (AvgIpc) is 3.61. The van der Waals surface area contributed by atoms with E-state index in [2.05, 4.69) is 0 Å². The van der Waals surface area contributed by atoms with Gasteiger partial charge >= 0.3 is 11.9 Å². The molecule has 0 spiro atoms. The van der Waals surface area contributed by atoms with E-state index in [1.807, 2.05) is 32.0 Å². The van der Waals surface area contributed by atoms with Crippen molar-refractivity contribution in [2.75, 3.05) is 13.2 Å². The summed E-state index contributed by atoms with van der Waals surface area (Å²) in [5, 5.41) is 1.08. The third-order valence-corrected chi connectivity index (χ3v) is 9.51. The standard InChI is InChI=1S/C31H36O7S/c1-3-30(15-7-8-16-30)37-25(32)19-35-23-14-13-22-27(34)21-11-5-6-12-24(21)39-29(22)28(23)36-20-26(33)38-31(4-2)17-9-10-18-31/h5-6,11-14H,3-4,7-10,15-20H2,1-2H3. The molecule has 0 N–H and O–H groups in total. The van der Waals surface area contributed by atoms with Gasteiger partial charge in [0.1, 0.15) is 11.2 Å². The largest absolute Gasteiger partial charge is 0.478 e. The van der Waals surface area contributed by atoms with Crippen molar-refractivity contribution in [3.05, 3.63) is 46.6 Å². The Morgan fingerprint density at radius 2 is 1.33 bits per heavy atom. The number of ether oxygens (including phenoxy) is 4. The zero-order valence-electron chi connectivity index (χ0n) is 22.7. The smallest absolute Gasteiger partial charge is 0.344 e. The maximum atomic E-state index is 13.3. The van der Waals surface area contributed by atoms with Gasteiger partial charge in [-0.05, 0) is 88.5 Å². The predicted octanol–water partition coefficient (Wildman–Crippen LogP) is 6.70. The van der Waals surface area contributed by atoms with E-state index in [0.29, 0.717) is 15.5 Å². The number of carbonyl (C=O) groups is 2. The molecule has 0 unspecified atom stereocenters. The molecule has 0 amide bonds. The van der Waals surface area contributed by atoms with Crippen molar-refractivity contribution in [3.63, 3.8) is 0 Å². The highest BCUT2D eigenvalue weighted by Gasteiger charge is 2.37. The van der Waals surface area contributed by atoms with E-state index in [1.165, 1.54) is 11.3 Å². The van der Waals surface area contributed by atoms with E-state index in [4.69, 9.17) is 18.9 Å². The van der Waals surface area contributed by atoms with Gasteiger partial charge in [0.25, 0.3) is 0 Å². The number of fused-ring (bicyclic) bond motifs is 2. The second kappa shape index (κ2) is 11.5. The molecule has 0 bridgehead atoms. The molecule has 1 heterocycles. The van der Waals surface area contributed by atoms with Crippen molar-refractivity contribution >= 4 is 43.4 Å². The Morgan fingerprint density at radius 1 is 0.769 bits per heavy atom. The van der Waals surface area contributed by atoms with E-state index in [0.717, 1.165) is 68.9 Å². The van der Waals surface area contributed by atoms with Gasteiger partial charge in [-0.1, -0.05) is 26.0 Å². The molecule has 5 rings (SSSR count). The Hall–Kier alpha value is -3.13. The van der Waals surface area contributed by atoms with E-state index in [-0.39, 0.29) is 30.1 Å². The average molecular weight is 553 g/mol. The number of hydrogen-bond acceptors (Lipinski definition) is 8. The molecular formula is C31H36O7S. The van der Waals surface area contributed by atoms with Gasteiger partial charge in [0.05, 0.1) is 4.70 Å². The second-order valence-corrected chi connectivity index (χ2v) is 11.8. The zero-order chi connectivity index (χ0) is 27.5. The van der Waals surface area contributed by atoms with E-state index in [1.54, 1.807) is 18.2 Å². The Labute approximate surface area is 232 Å². The van der Waals surface area contributed by atoms with Crippen LogP contribution in [0.15, 0.2) is 41.2 Å². The Balaban J connectivity index is 1.41. The molecule has 208 valence electrons. The summed E-state index contributed by atoms with van der Waals surface area (Å²) < 4.78 is 25.0. The molecule has 39 heavy (non-hydrogen) atoms. The third-order valence-electron chi connectivity index (χ3n) is 8.32. The summed E-state index contributed by atoms with van der Waals surface area (Å²) in [7, 11) is 0. The minimum atomic E-state index is -0.458. The van der Waals surface area contributed by atoms with Gasteiger partial charge in [0.2, 0.25) is 0 Å². The number of esters is 2. The highest BCUT2D eigenvalue weighted by molar-refractivity contribution is 7.24. The molecule has 0 atom stereocenters. The Morgan fingerprint density at radius 3 is 1.92 bits per heavy atom. The molecule has 0 radical (unpaired) electrons. The molecule has 2 aliphatic carbocycles. The van der Waals surface area contributed by atoms with E-state index >= 15 is 0 Å². The van der Waals surface area contributed by atoms with Crippen LogP contribution in [0.25, 0.3) is 20.2 Å². The quantitative estimate of drug-likeness (QED) is 0.204. The molecule has 2 aromatic carbocycles. The molecule has 3 aromatic rings. The first-order chi connectivity index (χ1) is 18.9. The molecule has 8 heteroatoms. The summed E-state index contributed by atoms with van der Waals surface area (Å²) in [6.45, 7) is 3.45. The lowest BCUT2D eigenvalue weighted by Gasteiger charge is -2.28. The van der Waals surface area contributed by atoms with Crippen LogP contribution in [0.1, 0.15) is 78.1 Å². The monoisotopic (exact) mass is 552 g/mol. The normalized spacial score (nSPS) is 17.8. The SMILES string of the molecule is CCC1(OC(=O)COc2ccc3c(=O)c4ccccc4sc3c2OCC(=O)OC2(CC)CCCC2)CCCC1. The van der Waals surface area contributed by atoms with Crippen molar-refractivity contribution in [1.29, 1.82) is 0 Å². The van der Waals surface area contributed by atoms with Crippen LogP contribution < -0.4 is 14.9 Å². The number of carbonyl (C=O) groups excluding carboxylic acids is 2. The first-order valence-corrected chi connectivity index (χ1v) is 14.9. The summed E-state index contributed by atoms with van der Waals surface area (Å²) in [4.78, 5) is 38.9. The van der Waals surface area contributed by atoms with Crippen LogP contribution in [0.2, 0.25) is 0 Å². The second-order valence-electron chi connectivity index (χ2n) is 10.7. The van der Waals surface area contributed by atoms with Gasteiger partial charge in [0.15, 0.2) is 30.1 Å². The van der Waals surface area contributed by atoms with E-state index < -0.39 is 23.1 Å². The summed E-state index contributed by atoms with van der Waals surface area (Å²) in [5.74, 6) is -0.364. The van der Waals surface area contributed by atoms with Crippen LogP contribution in [0.3, 0.4) is 0 Å². The fraction of sp³-hybridized carbons (Fsp3) is 0.516. The number of rotatable bonds is 10. The molecule has 0 saturated heterocycles. The molecule has 2 fully saturated rings. The molecular weight excluding hydrogens is 516 g/mol. The van der Waals surface area contributed by atoms with Crippen LogP contribution in [-0.2, 0) is 19.1 Å². The Bertz CT molecular complexity index is 1410. The number of hydrogen-bond donors (Lipinski definition) is 0. The molecule has 2 saturated carbocycles. The summed E-state index contributed by atoms with van der Waals surface area (Å²) >= 11 is 1.38. The van der Waals surface area contributed by atoms with Crippen molar-refractivity contribution in [2.45, 2.75) is 89.3 Å². The topological polar surface area (TPSA) is 88.1 Å². The molecule has 2 aliphatic rings. The van der Waals surface area contributed by atoms with E-state index in [9.17, 15) is 14.4 Å². The van der Waals surface area contributed by atoms with Crippen molar-refractivity contribution in [2.24, 2.45) is 0 Å². The Kier molecular flexibility index (Phi) is 8.12. The highest BCUT2D eigenvalue weighted by Crippen LogP contribution is 2.41. The lowest BCUT2D eigenvalue weighted by Crippen LogP contribution is -2.33. The van der Waals surface area contributed by atoms with Gasteiger partial charge in [-0.15, -0.1) is 11.3 Å². The fourth-order valence-electron chi connectivity index (χ4n) is 5.98. The lowest BCUT2D eigenvalue weighted by atomic mass is 9.99. The van der Waals surface area contributed by atoms with Gasteiger partial charge < -0.3 is 18.9 Å². The minimum Gasteiger partial charge on any atom is -0.478 e.